The largest absolute Gasteiger partial charge is 0.658 e. The van der Waals surface area contributed by atoms with Gasteiger partial charge in [0.05, 0.1) is 0 Å². The molecule has 0 aliphatic carbocycles. The third-order valence-electron chi connectivity index (χ3n) is 5.60. The fourth-order valence-electron chi connectivity index (χ4n) is 3.83. The Hall–Kier alpha value is -1.98. The van der Waals surface area contributed by atoms with Crippen molar-refractivity contribution in [2.45, 2.75) is 92.6 Å². The van der Waals surface area contributed by atoms with Crippen molar-refractivity contribution in [3.8, 4) is 11.5 Å². The second kappa shape index (κ2) is 12.2. The maximum atomic E-state index is 5.65. The average Bonchev–Trinajstić information content (AvgIpc) is 2.71. The van der Waals surface area contributed by atoms with Gasteiger partial charge in [0.25, 0.3) is 0 Å². The molecule has 0 saturated carbocycles. The van der Waals surface area contributed by atoms with Crippen molar-refractivity contribution < 1.29 is 9.31 Å². The van der Waals surface area contributed by atoms with Crippen LogP contribution in [0.4, 0.5) is 0 Å². The zero-order valence-electron chi connectivity index (χ0n) is 20.6. The Kier molecular flexibility index (Phi) is 9.92. The van der Waals surface area contributed by atoms with Crippen LogP contribution in [-0.2, 0) is 13.1 Å². The first-order chi connectivity index (χ1) is 14.7. The van der Waals surface area contributed by atoms with E-state index in [2.05, 4.69) is 89.5 Å². The molecule has 0 unspecified atom stereocenters. The van der Waals surface area contributed by atoms with Gasteiger partial charge >= 0.3 is 7.69 Å². The Bertz CT molecular complexity index is 676. The second-order valence-corrected chi connectivity index (χ2v) is 9.34. The van der Waals surface area contributed by atoms with Crippen molar-refractivity contribution in [2.75, 3.05) is 0 Å². The van der Waals surface area contributed by atoms with Crippen LogP contribution in [0.5, 0.6) is 11.5 Å². The number of rotatable bonds is 12. The minimum absolute atomic E-state index is 0.517. The van der Waals surface area contributed by atoms with E-state index in [-0.39, 0.29) is 0 Å². The van der Waals surface area contributed by atoms with Crippen molar-refractivity contribution in [3.05, 3.63) is 59.7 Å². The number of hydrogen-bond acceptors (Lipinski definition) is 4. The highest BCUT2D eigenvalue weighted by Crippen LogP contribution is 2.18. The van der Waals surface area contributed by atoms with Crippen LogP contribution >= 0.6 is 0 Å². The molecule has 0 aliphatic rings. The van der Waals surface area contributed by atoms with Crippen molar-refractivity contribution in [1.82, 2.24) is 9.80 Å². The Labute approximate surface area is 190 Å². The molecule has 0 atom stereocenters. The van der Waals surface area contributed by atoms with Crippen molar-refractivity contribution in [1.29, 1.82) is 0 Å². The van der Waals surface area contributed by atoms with Crippen LogP contribution in [0.15, 0.2) is 48.5 Å². The maximum Gasteiger partial charge on any atom is 0.658 e. The summed E-state index contributed by atoms with van der Waals surface area (Å²) >= 11 is 0. The van der Waals surface area contributed by atoms with Crippen LogP contribution in [0.2, 0.25) is 0 Å². The summed E-state index contributed by atoms with van der Waals surface area (Å²) in [5.74, 6) is 1.54. The molecule has 31 heavy (non-hydrogen) atoms. The molecule has 0 amide bonds. The lowest BCUT2D eigenvalue weighted by molar-refractivity contribution is 0.166. The Morgan fingerprint density at radius 2 is 0.839 bits per heavy atom. The first kappa shape index (κ1) is 25.3. The molecule has 4 nitrogen and oxygen atoms in total. The van der Waals surface area contributed by atoms with Gasteiger partial charge < -0.3 is 9.31 Å². The topological polar surface area (TPSA) is 24.9 Å². The second-order valence-electron chi connectivity index (χ2n) is 9.34. The van der Waals surface area contributed by atoms with E-state index in [4.69, 9.17) is 9.31 Å². The first-order valence-electron chi connectivity index (χ1n) is 11.5. The number of hydrogen-bond donors (Lipinski definition) is 0. The fourth-order valence-corrected chi connectivity index (χ4v) is 3.83. The Morgan fingerprint density at radius 3 is 1.10 bits per heavy atom. The van der Waals surface area contributed by atoms with E-state index in [1.165, 1.54) is 18.8 Å². The zero-order chi connectivity index (χ0) is 23.0. The van der Waals surface area contributed by atoms with Crippen LogP contribution in [0.3, 0.4) is 0 Å². The molecule has 0 bridgehead atoms. The minimum atomic E-state index is 0.517. The van der Waals surface area contributed by atoms with Gasteiger partial charge in [0.15, 0.2) is 0 Å². The lowest BCUT2D eigenvalue weighted by atomic mass is 10.1. The van der Waals surface area contributed by atoms with E-state index in [0.29, 0.717) is 24.2 Å². The Morgan fingerprint density at radius 1 is 0.548 bits per heavy atom. The van der Waals surface area contributed by atoms with Gasteiger partial charge in [-0.3, -0.25) is 9.80 Å². The molecule has 2 rings (SSSR count). The molecule has 0 aliphatic heterocycles. The fraction of sp³-hybridized carbons (Fsp3) is 0.538. The van der Waals surface area contributed by atoms with Gasteiger partial charge in [-0.2, -0.15) is 0 Å². The monoisotopic (exact) mass is 423 g/mol. The van der Waals surface area contributed by atoms with Crippen molar-refractivity contribution in [3.63, 3.8) is 0 Å². The van der Waals surface area contributed by atoms with E-state index in [1.54, 1.807) is 0 Å². The summed E-state index contributed by atoms with van der Waals surface area (Å²) in [6.07, 6.45) is 0. The molecule has 0 heterocycles. The van der Waals surface area contributed by atoms with Crippen LogP contribution in [0.1, 0.15) is 66.5 Å². The lowest BCUT2D eigenvalue weighted by Crippen LogP contribution is -2.36. The van der Waals surface area contributed by atoms with E-state index >= 15 is 0 Å². The summed E-state index contributed by atoms with van der Waals surface area (Å²) in [7, 11) is 1.40. The molecule has 0 aromatic heterocycles. The molecule has 2 aromatic carbocycles. The first-order valence-corrected chi connectivity index (χ1v) is 11.5. The van der Waals surface area contributed by atoms with Gasteiger partial charge in [-0.05, 0) is 90.8 Å². The number of nitrogens with zero attached hydrogens (tertiary/aromatic N) is 2. The van der Waals surface area contributed by atoms with Gasteiger partial charge in [-0.1, -0.05) is 24.3 Å². The molecule has 0 fully saturated rings. The van der Waals surface area contributed by atoms with Crippen LogP contribution < -0.4 is 9.31 Å². The standard InChI is InChI=1S/C26H40BN2O2/c1-19(2)28(20(3)4)17-23-9-13-25(14-10-23)30-27-31-26-15-11-24(12-16-26)18-29(21(5)6)22(7)8/h9-16,19-22H,17-18H2,1-8H3. The summed E-state index contributed by atoms with van der Waals surface area (Å²) in [6, 6.07) is 18.5. The molecular formula is C26H40BN2O2. The van der Waals surface area contributed by atoms with E-state index in [0.717, 1.165) is 24.6 Å². The van der Waals surface area contributed by atoms with Crippen LogP contribution in [0.25, 0.3) is 0 Å². The normalized spacial score (nSPS) is 11.9. The predicted molar refractivity (Wildman–Crippen MR) is 132 cm³/mol. The molecule has 5 heteroatoms. The molecule has 0 saturated heterocycles. The minimum Gasteiger partial charge on any atom is -0.526 e. The van der Waals surface area contributed by atoms with E-state index in [9.17, 15) is 0 Å². The Balaban J connectivity index is 1.82. The van der Waals surface area contributed by atoms with Gasteiger partial charge in [-0.15, -0.1) is 0 Å². The van der Waals surface area contributed by atoms with Crippen LogP contribution in [-0.4, -0.2) is 41.7 Å². The summed E-state index contributed by atoms with van der Waals surface area (Å²) in [5.41, 5.74) is 2.56. The average molecular weight is 423 g/mol. The summed E-state index contributed by atoms with van der Waals surface area (Å²) in [5, 5.41) is 0. The van der Waals surface area contributed by atoms with Crippen molar-refractivity contribution >= 4 is 7.69 Å². The predicted octanol–water partition coefficient (Wildman–Crippen LogP) is 5.92. The molecule has 2 aromatic rings. The van der Waals surface area contributed by atoms with Gasteiger partial charge in [-0.25, -0.2) is 0 Å². The highest BCUT2D eigenvalue weighted by Gasteiger charge is 2.15. The third-order valence-corrected chi connectivity index (χ3v) is 5.60. The van der Waals surface area contributed by atoms with E-state index in [1.807, 2.05) is 24.3 Å². The quantitative estimate of drug-likeness (QED) is 0.396. The highest BCUT2D eigenvalue weighted by atomic mass is 16.6. The SMILES string of the molecule is CC(C)N(Cc1ccc(O[B]Oc2ccc(CN(C(C)C)C(C)C)cc2)cc1)C(C)C. The maximum absolute atomic E-state index is 5.65. The molecule has 0 spiro atoms. The van der Waals surface area contributed by atoms with Gasteiger partial charge in [0.1, 0.15) is 11.5 Å². The molecule has 1 radical (unpaired) electrons. The summed E-state index contributed by atoms with van der Waals surface area (Å²) in [4.78, 5) is 4.94. The van der Waals surface area contributed by atoms with E-state index < -0.39 is 0 Å². The zero-order valence-corrected chi connectivity index (χ0v) is 20.6. The summed E-state index contributed by atoms with van der Waals surface area (Å²) in [6.45, 7) is 19.8. The van der Waals surface area contributed by atoms with Gasteiger partial charge in [0.2, 0.25) is 0 Å². The number of benzene rings is 2. The molecule has 169 valence electrons. The molecular weight excluding hydrogens is 383 g/mol. The lowest BCUT2D eigenvalue weighted by Gasteiger charge is -2.30. The molecule has 0 N–H and O–H groups in total. The third kappa shape index (κ3) is 8.23. The highest BCUT2D eigenvalue weighted by molar-refractivity contribution is 6.20. The smallest absolute Gasteiger partial charge is 0.526 e. The summed E-state index contributed by atoms with van der Waals surface area (Å²) < 4.78 is 11.3. The van der Waals surface area contributed by atoms with Crippen molar-refractivity contribution in [2.24, 2.45) is 0 Å². The van der Waals surface area contributed by atoms with Gasteiger partial charge in [0, 0.05) is 37.3 Å². The van der Waals surface area contributed by atoms with Crippen LogP contribution in [0, 0.1) is 0 Å².